The Morgan fingerprint density at radius 2 is 1.53 bits per heavy atom. The highest BCUT2D eigenvalue weighted by Gasteiger charge is 2.06. The van der Waals surface area contributed by atoms with Gasteiger partial charge in [0.2, 0.25) is 0 Å². The van der Waals surface area contributed by atoms with Crippen molar-refractivity contribution < 1.29 is 4.79 Å². The first-order valence-corrected chi connectivity index (χ1v) is 5.72. The lowest BCUT2D eigenvalue weighted by Gasteiger charge is -2.12. The van der Waals surface area contributed by atoms with E-state index in [9.17, 15) is 4.79 Å². The van der Waals surface area contributed by atoms with Crippen molar-refractivity contribution in [1.82, 2.24) is 0 Å². The van der Waals surface area contributed by atoms with Crippen LogP contribution in [0.5, 0.6) is 0 Å². The highest BCUT2D eigenvalue weighted by atomic mass is 16.1. The Hall–Kier alpha value is -1.11. The maximum absolute atomic E-state index is 10.4. The minimum Gasteiger partial charge on any atom is -0.303 e. The summed E-state index contributed by atoms with van der Waals surface area (Å²) in [6, 6.07) is 8.67. The van der Waals surface area contributed by atoms with Crippen molar-refractivity contribution in [3.8, 4) is 0 Å². The van der Waals surface area contributed by atoms with E-state index in [1.165, 1.54) is 17.5 Å². The third-order valence-corrected chi connectivity index (χ3v) is 3.14. The second-order valence-electron chi connectivity index (χ2n) is 4.28. The molecule has 0 radical (unpaired) electrons. The van der Waals surface area contributed by atoms with E-state index in [0.717, 1.165) is 6.29 Å². The van der Waals surface area contributed by atoms with Gasteiger partial charge < -0.3 is 4.79 Å². The molecule has 0 aliphatic heterocycles. The highest BCUT2D eigenvalue weighted by Crippen LogP contribution is 2.23. The SMILES string of the molecule is CCC(C)c1ccc(C(C)CC=O)cc1. The summed E-state index contributed by atoms with van der Waals surface area (Å²) in [7, 11) is 0. The first-order chi connectivity index (χ1) is 7.19. The van der Waals surface area contributed by atoms with E-state index in [1.54, 1.807) is 0 Å². The standard InChI is InChI=1S/C14H20O/c1-4-11(2)13-5-7-14(8-6-13)12(3)9-10-15/h5-8,10-12H,4,9H2,1-3H3. The Balaban J connectivity index is 2.75. The second kappa shape index (κ2) is 5.69. The summed E-state index contributed by atoms with van der Waals surface area (Å²) in [5, 5.41) is 0. The smallest absolute Gasteiger partial charge is 0.120 e. The zero-order valence-corrected chi connectivity index (χ0v) is 9.86. The summed E-state index contributed by atoms with van der Waals surface area (Å²) in [6.45, 7) is 6.53. The lowest BCUT2D eigenvalue weighted by molar-refractivity contribution is -0.108. The Bertz CT molecular complexity index is 300. The van der Waals surface area contributed by atoms with Crippen molar-refractivity contribution in [1.29, 1.82) is 0 Å². The number of aldehydes is 1. The van der Waals surface area contributed by atoms with Crippen LogP contribution < -0.4 is 0 Å². The van der Waals surface area contributed by atoms with E-state index in [-0.39, 0.29) is 0 Å². The van der Waals surface area contributed by atoms with Crippen molar-refractivity contribution >= 4 is 6.29 Å². The van der Waals surface area contributed by atoms with Crippen molar-refractivity contribution in [2.75, 3.05) is 0 Å². The van der Waals surface area contributed by atoms with Crippen LogP contribution in [-0.2, 0) is 4.79 Å². The number of rotatable bonds is 5. The van der Waals surface area contributed by atoms with Gasteiger partial charge in [-0.2, -0.15) is 0 Å². The van der Waals surface area contributed by atoms with E-state index in [1.807, 2.05) is 0 Å². The molecule has 2 atom stereocenters. The van der Waals surface area contributed by atoms with Gasteiger partial charge in [0.25, 0.3) is 0 Å². The molecular formula is C14H20O. The van der Waals surface area contributed by atoms with Crippen molar-refractivity contribution in [2.45, 2.75) is 45.4 Å². The molecule has 0 aliphatic carbocycles. The normalized spacial score (nSPS) is 14.6. The van der Waals surface area contributed by atoms with Gasteiger partial charge in [0, 0.05) is 6.42 Å². The third-order valence-electron chi connectivity index (χ3n) is 3.14. The predicted octanol–water partition coefficient (Wildman–Crippen LogP) is 3.89. The van der Waals surface area contributed by atoms with Gasteiger partial charge >= 0.3 is 0 Å². The van der Waals surface area contributed by atoms with Crippen LogP contribution in [-0.4, -0.2) is 6.29 Å². The van der Waals surface area contributed by atoms with Gasteiger partial charge in [0.05, 0.1) is 0 Å². The Labute approximate surface area is 92.5 Å². The van der Waals surface area contributed by atoms with E-state index in [4.69, 9.17) is 0 Å². The minimum atomic E-state index is 0.341. The van der Waals surface area contributed by atoms with Crippen LogP contribution in [0.4, 0.5) is 0 Å². The zero-order chi connectivity index (χ0) is 11.3. The summed E-state index contributed by atoms with van der Waals surface area (Å²) < 4.78 is 0. The molecule has 0 N–H and O–H groups in total. The number of carbonyl (C=O) groups excluding carboxylic acids is 1. The molecule has 0 bridgehead atoms. The molecule has 15 heavy (non-hydrogen) atoms. The first-order valence-electron chi connectivity index (χ1n) is 5.72. The summed E-state index contributed by atoms with van der Waals surface area (Å²) in [6.07, 6.45) is 2.78. The molecule has 0 spiro atoms. The van der Waals surface area contributed by atoms with E-state index < -0.39 is 0 Å². The lowest BCUT2D eigenvalue weighted by Crippen LogP contribution is -1.96. The van der Waals surface area contributed by atoms with Crippen LogP contribution >= 0.6 is 0 Å². The molecule has 0 saturated carbocycles. The van der Waals surface area contributed by atoms with Crippen LogP contribution in [0.25, 0.3) is 0 Å². The van der Waals surface area contributed by atoms with Gasteiger partial charge in [0.1, 0.15) is 6.29 Å². The molecule has 0 aliphatic rings. The van der Waals surface area contributed by atoms with Crippen LogP contribution in [0.1, 0.15) is 56.6 Å². The Morgan fingerprint density at radius 3 is 1.93 bits per heavy atom. The minimum absolute atomic E-state index is 0.341. The molecule has 0 saturated heterocycles. The number of hydrogen-bond acceptors (Lipinski definition) is 1. The van der Waals surface area contributed by atoms with Crippen molar-refractivity contribution in [3.63, 3.8) is 0 Å². The van der Waals surface area contributed by atoms with Gasteiger partial charge in [-0.25, -0.2) is 0 Å². The fraction of sp³-hybridized carbons (Fsp3) is 0.500. The van der Waals surface area contributed by atoms with Crippen LogP contribution in [0.3, 0.4) is 0 Å². The molecule has 0 aromatic heterocycles. The number of carbonyl (C=O) groups is 1. The van der Waals surface area contributed by atoms with Gasteiger partial charge in [-0.3, -0.25) is 0 Å². The quantitative estimate of drug-likeness (QED) is 0.665. The molecule has 1 rings (SSSR count). The lowest BCUT2D eigenvalue weighted by atomic mass is 9.93. The maximum Gasteiger partial charge on any atom is 0.120 e. The molecule has 0 fully saturated rings. The summed E-state index contributed by atoms with van der Waals surface area (Å²) >= 11 is 0. The second-order valence-corrected chi connectivity index (χ2v) is 4.28. The Kier molecular flexibility index (Phi) is 4.54. The first kappa shape index (κ1) is 12.0. The maximum atomic E-state index is 10.4. The van der Waals surface area contributed by atoms with Gasteiger partial charge in [-0.15, -0.1) is 0 Å². The number of benzene rings is 1. The predicted molar refractivity (Wildman–Crippen MR) is 64.2 cm³/mol. The highest BCUT2D eigenvalue weighted by molar-refractivity contribution is 5.51. The van der Waals surface area contributed by atoms with E-state index >= 15 is 0 Å². The van der Waals surface area contributed by atoms with E-state index in [2.05, 4.69) is 45.0 Å². The molecule has 1 nitrogen and oxygen atoms in total. The summed E-state index contributed by atoms with van der Waals surface area (Å²) in [5.74, 6) is 0.967. The molecule has 82 valence electrons. The molecule has 1 aromatic carbocycles. The van der Waals surface area contributed by atoms with Gasteiger partial charge in [0.15, 0.2) is 0 Å². The van der Waals surface area contributed by atoms with Crippen molar-refractivity contribution in [3.05, 3.63) is 35.4 Å². The molecular weight excluding hydrogens is 184 g/mol. The monoisotopic (exact) mass is 204 g/mol. The largest absolute Gasteiger partial charge is 0.303 e. The Morgan fingerprint density at radius 1 is 1.07 bits per heavy atom. The fourth-order valence-electron chi connectivity index (χ4n) is 1.67. The van der Waals surface area contributed by atoms with E-state index in [0.29, 0.717) is 18.3 Å². The van der Waals surface area contributed by atoms with Crippen LogP contribution in [0, 0.1) is 0 Å². The zero-order valence-electron chi connectivity index (χ0n) is 9.86. The molecule has 0 amide bonds. The van der Waals surface area contributed by atoms with Gasteiger partial charge in [-0.05, 0) is 29.4 Å². The molecule has 0 heterocycles. The summed E-state index contributed by atoms with van der Waals surface area (Å²) in [5.41, 5.74) is 2.65. The molecule has 1 heteroatoms. The number of hydrogen-bond donors (Lipinski definition) is 0. The average molecular weight is 204 g/mol. The molecule has 2 unspecified atom stereocenters. The van der Waals surface area contributed by atoms with Gasteiger partial charge in [-0.1, -0.05) is 45.0 Å². The summed E-state index contributed by atoms with van der Waals surface area (Å²) in [4.78, 5) is 10.4. The average Bonchev–Trinajstić information content (AvgIpc) is 2.28. The van der Waals surface area contributed by atoms with Crippen LogP contribution in [0.2, 0.25) is 0 Å². The van der Waals surface area contributed by atoms with Crippen molar-refractivity contribution in [2.24, 2.45) is 0 Å². The topological polar surface area (TPSA) is 17.1 Å². The fourth-order valence-corrected chi connectivity index (χ4v) is 1.67. The van der Waals surface area contributed by atoms with Crippen LogP contribution in [0.15, 0.2) is 24.3 Å². The molecule has 1 aromatic rings. The third kappa shape index (κ3) is 3.19.